The van der Waals surface area contributed by atoms with Crippen LogP contribution in [-0.2, 0) is 30.2 Å². The lowest BCUT2D eigenvalue weighted by atomic mass is 10.3. The van der Waals surface area contributed by atoms with E-state index in [2.05, 4.69) is 4.98 Å². The van der Waals surface area contributed by atoms with E-state index in [1.807, 2.05) is 0 Å². The third-order valence-corrected chi connectivity index (χ3v) is 2.04. The van der Waals surface area contributed by atoms with Gasteiger partial charge in [-0.1, -0.05) is 6.07 Å². The number of ether oxygens (including phenoxy) is 4. The third-order valence-electron chi connectivity index (χ3n) is 2.04. The zero-order valence-electron chi connectivity index (χ0n) is 10.0. The van der Waals surface area contributed by atoms with Gasteiger partial charge in [-0.25, -0.2) is 0 Å². The van der Waals surface area contributed by atoms with Gasteiger partial charge in [-0.15, -0.1) is 0 Å². The molecule has 0 aromatic carbocycles. The molecule has 0 aliphatic heterocycles. The quantitative estimate of drug-likeness (QED) is 0.540. The molecule has 0 radical (unpaired) electrons. The van der Waals surface area contributed by atoms with Gasteiger partial charge in [0.25, 0.3) is 0 Å². The molecule has 1 heterocycles. The fraction of sp³-hybridized carbons (Fsp3) is 0.455. The molecule has 0 bridgehead atoms. The van der Waals surface area contributed by atoms with Gasteiger partial charge in [-0.2, -0.15) is 0 Å². The molecule has 0 atom stereocenters. The Morgan fingerprint density at radius 2 is 1.88 bits per heavy atom. The molecular formula is C11H15NO5. The largest absolute Gasteiger partial charge is 0.462 e. The van der Waals surface area contributed by atoms with Crippen molar-refractivity contribution in [1.82, 2.24) is 4.98 Å². The Kier molecular flexibility index (Phi) is 5.02. The summed E-state index contributed by atoms with van der Waals surface area (Å²) in [5.41, 5.74) is 0.592. The SMILES string of the molecule is COC(OC)(OC)OC(=O)Cc1ccccn1. The van der Waals surface area contributed by atoms with Crippen molar-refractivity contribution in [3.63, 3.8) is 0 Å². The predicted molar refractivity (Wildman–Crippen MR) is 57.8 cm³/mol. The Morgan fingerprint density at radius 3 is 2.35 bits per heavy atom. The van der Waals surface area contributed by atoms with Crippen LogP contribution in [0.1, 0.15) is 5.69 Å². The van der Waals surface area contributed by atoms with Crippen molar-refractivity contribution in [1.29, 1.82) is 0 Å². The number of rotatable bonds is 6. The summed E-state index contributed by atoms with van der Waals surface area (Å²) in [6, 6.07) is 5.26. The first kappa shape index (κ1) is 13.6. The van der Waals surface area contributed by atoms with Crippen LogP contribution < -0.4 is 0 Å². The first-order chi connectivity index (χ1) is 8.15. The highest BCUT2D eigenvalue weighted by Crippen LogP contribution is 2.15. The van der Waals surface area contributed by atoms with Crippen molar-refractivity contribution in [3.05, 3.63) is 30.1 Å². The highest BCUT2D eigenvalue weighted by molar-refractivity contribution is 5.72. The minimum Gasteiger partial charge on any atom is -0.384 e. The van der Waals surface area contributed by atoms with Crippen LogP contribution in [-0.4, -0.2) is 38.4 Å². The van der Waals surface area contributed by atoms with Gasteiger partial charge in [0.15, 0.2) is 0 Å². The van der Waals surface area contributed by atoms with Crippen LogP contribution in [0.15, 0.2) is 24.4 Å². The number of hydrogen-bond acceptors (Lipinski definition) is 6. The Hall–Kier alpha value is -1.50. The summed E-state index contributed by atoms with van der Waals surface area (Å²) in [5.74, 6) is -0.561. The molecular weight excluding hydrogens is 226 g/mol. The lowest BCUT2D eigenvalue weighted by Crippen LogP contribution is -2.41. The van der Waals surface area contributed by atoms with Crippen molar-refractivity contribution in [2.75, 3.05) is 21.3 Å². The molecule has 1 aromatic heterocycles. The molecule has 6 nitrogen and oxygen atoms in total. The molecule has 6 heteroatoms. The Bertz CT molecular complexity index is 342. The van der Waals surface area contributed by atoms with Gasteiger partial charge in [0.05, 0.1) is 12.1 Å². The maximum Gasteiger partial charge on any atom is 0.462 e. The van der Waals surface area contributed by atoms with Crippen LogP contribution in [0.4, 0.5) is 0 Å². The van der Waals surface area contributed by atoms with E-state index in [1.54, 1.807) is 24.4 Å². The van der Waals surface area contributed by atoms with Gasteiger partial charge in [-0.3, -0.25) is 24.0 Å². The number of carbonyl (C=O) groups is 1. The molecule has 0 spiro atoms. The zero-order chi connectivity index (χ0) is 12.7. The molecule has 0 fully saturated rings. The average molecular weight is 241 g/mol. The van der Waals surface area contributed by atoms with Gasteiger partial charge in [0.1, 0.15) is 0 Å². The molecule has 0 N–H and O–H groups in total. The minimum atomic E-state index is -1.80. The van der Waals surface area contributed by atoms with E-state index in [1.165, 1.54) is 21.3 Å². The summed E-state index contributed by atoms with van der Waals surface area (Å²) in [4.78, 5) is 15.6. The summed E-state index contributed by atoms with van der Waals surface area (Å²) in [5, 5.41) is 0. The molecule has 94 valence electrons. The molecule has 1 aromatic rings. The van der Waals surface area contributed by atoms with Crippen LogP contribution in [0.3, 0.4) is 0 Å². The number of methoxy groups -OCH3 is 3. The second kappa shape index (κ2) is 6.29. The summed E-state index contributed by atoms with van der Waals surface area (Å²) in [6.45, 7) is 0. The molecule has 0 aliphatic rings. The fourth-order valence-electron chi connectivity index (χ4n) is 1.20. The van der Waals surface area contributed by atoms with E-state index in [9.17, 15) is 4.79 Å². The van der Waals surface area contributed by atoms with Crippen molar-refractivity contribution in [2.45, 2.75) is 12.6 Å². The summed E-state index contributed by atoms with van der Waals surface area (Å²) in [6.07, 6.45) is -0.191. The molecule has 0 unspecified atom stereocenters. The van der Waals surface area contributed by atoms with Gasteiger partial charge in [0.2, 0.25) is 0 Å². The molecule has 0 amide bonds. The summed E-state index contributed by atoms with van der Waals surface area (Å²) in [7, 11) is 3.92. The van der Waals surface area contributed by atoms with Crippen LogP contribution in [0.25, 0.3) is 0 Å². The summed E-state index contributed by atoms with van der Waals surface area (Å²) < 4.78 is 19.5. The van der Waals surface area contributed by atoms with Crippen molar-refractivity contribution in [3.8, 4) is 0 Å². The van der Waals surface area contributed by atoms with E-state index < -0.39 is 12.1 Å². The second-order valence-electron chi connectivity index (χ2n) is 3.08. The number of aromatic nitrogens is 1. The van der Waals surface area contributed by atoms with E-state index >= 15 is 0 Å². The number of nitrogens with zero attached hydrogens (tertiary/aromatic N) is 1. The van der Waals surface area contributed by atoms with E-state index in [-0.39, 0.29) is 6.42 Å². The molecule has 17 heavy (non-hydrogen) atoms. The van der Waals surface area contributed by atoms with Gasteiger partial charge >= 0.3 is 12.1 Å². The standard InChI is InChI=1S/C11H15NO5/c1-14-11(15-2,16-3)17-10(13)8-9-6-4-5-7-12-9/h4-7H,8H2,1-3H3. The van der Waals surface area contributed by atoms with Crippen LogP contribution >= 0.6 is 0 Å². The van der Waals surface area contributed by atoms with Crippen LogP contribution in [0.5, 0.6) is 0 Å². The third kappa shape index (κ3) is 3.77. The minimum absolute atomic E-state index is 0.0126. The van der Waals surface area contributed by atoms with Crippen molar-refractivity contribution < 1.29 is 23.7 Å². The molecule has 0 aliphatic carbocycles. The highest BCUT2D eigenvalue weighted by atomic mass is 17.0. The maximum atomic E-state index is 11.6. The van der Waals surface area contributed by atoms with Crippen molar-refractivity contribution in [2.24, 2.45) is 0 Å². The second-order valence-corrected chi connectivity index (χ2v) is 3.08. The normalized spacial score (nSPS) is 11.2. The van der Waals surface area contributed by atoms with E-state index in [0.29, 0.717) is 5.69 Å². The number of esters is 1. The number of hydrogen-bond donors (Lipinski definition) is 0. The molecule has 0 saturated heterocycles. The highest BCUT2D eigenvalue weighted by Gasteiger charge is 2.35. The zero-order valence-corrected chi connectivity index (χ0v) is 10.0. The number of carbonyl (C=O) groups excluding carboxylic acids is 1. The first-order valence-corrected chi connectivity index (χ1v) is 4.93. The maximum absolute atomic E-state index is 11.6. The van der Waals surface area contributed by atoms with E-state index in [4.69, 9.17) is 18.9 Å². The van der Waals surface area contributed by atoms with Crippen molar-refractivity contribution >= 4 is 5.97 Å². The Morgan fingerprint density at radius 1 is 1.24 bits per heavy atom. The Balaban J connectivity index is 2.60. The Labute approximate surface area is 99.5 Å². The van der Waals surface area contributed by atoms with E-state index in [0.717, 1.165) is 0 Å². The lowest BCUT2D eigenvalue weighted by molar-refractivity contribution is -0.462. The van der Waals surface area contributed by atoms with Gasteiger partial charge in [-0.05, 0) is 12.1 Å². The average Bonchev–Trinajstić information content (AvgIpc) is 2.37. The predicted octanol–water partition coefficient (Wildman–Crippen LogP) is 0.718. The number of pyridine rings is 1. The lowest BCUT2D eigenvalue weighted by Gasteiger charge is -2.26. The molecule has 0 saturated carbocycles. The first-order valence-electron chi connectivity index (χ1n) is 4.93. The van der Waals surface area contributed by atoms with Gasteiger partial charge < -0.3 is 4.74 Å². The van der Waals surface area contributed by atoms with Crippen LogP contribution in [0, 0.1) is 0 Å². The molecule has 1 rings (SSSR count). The fourth-order valence-corrected chi connectivity index (χ4v) is 1.20. The monoisotopic (exact) mass is 241 g/mol. The van der Waals surface area contributed by atoms with Crippen LogP contribution in [0.2, 0.25) is 0 Å². The smallest absolute Gasteiger partial charge is 0.384 e. The summed E-state index contributed by atoms with van der Waals surface area (Å²) >= 11 is 0. The van der Waals surface area contributed by atoms with Gasteiger partial charge in [0, 0.05) is 27.5 Å². The topological polar surface area (TPSA) is 66.9 Å².